The average Bonchev–Trinajstić information content (AvgIpc) is 2.55. The number of ether oxygens (including phenoxy) is 1. The Kier molecular flexibility index (Phi) is 3.57. The third-order valence-corrected chi connectivity index (χ3v) is 3.12. The number of nitrogens with zero attached hydrogens (tertiary/aromatic N) is 2. The van der Waals surface area contributed by atoms with Crippen LogP contribution in [0.3, 0.4) is 0 Å². The van der Waals surface area contributed by atoms with E-state index in [0.29, 0.717) is 17.1 Å². The summed E-state index contributed by atoms with van der Waals surface area (Å²) in [6, 6.07) is 4.27. The number of hydrogen-bond acceptors (Lipinski definition) is 3. The summed E-state index contributed by atoms with van der Waals surface area (Å²) in [5.74, 6) is 0.732. The second-order valence-electron chi connectivity index (χ2n) is 4.67. The SMILES string of the molecule is Cc1nn(C)c(C)c1Oc1cccc(F)c1C(C)N. The van der Waals surface area contributed by atoms with Crippen LogP contribution in [-0.4, -0.2) is 9.78 Å². The zero-order valence-corrected chi connectivity index (χ0v) is 11.6. The van der Waals surface area contributed by atoms with Gasteiger partial charge in [0.1, 0.15) is 17.3 Å². The molecule has 1 atom stereocenters. The first-order chi connectivity index (χ1) is 8.91. The Morgan fingerprint density at radius 2 is 2.05 bits per heavy atom. The van der Waals surface area contributed by atoms with Crippen LogP contribution in [0, 0.1) is 19.7 Å². The maximum absolute atomic E-state index is 13.8. The minimum atomic E-state index is -0.437. The lowest BCUT2D eigenvalue weighted by Gasteiger charge is -2.14. The van der Waals surface area contributed by atoms with Gasteiger partial charge in [-0.1, -0.05) is 6.07 Å². The van der Waals surface area contributed by atoms with Crippen molar-refractivity contribution in [2.75, 3.05) is 0 Å². The molecule has 1 unspecified atom stereocenters. The largest absolute Gasteiger partial charge is 0.453 e. The zero-order chi connectivity index (χ0) is 14.2. The summed E-state index contributed by atoms with van der Waals surface area (Å²) in [7, 11) is 1.84. The van der Waals surface area contributed by atoms with Gasteiger partial charge in [0.15, 0.2) is 5.75 Å². The summed E-state index contributed by atoms with van der Waals surface area (Å²) in [5.41, 5.74) is 7.84. The van der Waals surface area contributed by atoms with Crippen LogP contribution >= 0.6 is 0 Å². The molecule has 4 nitrogen and oxygen atoms in total. The highest BCUT2D eigenvalue weighted by Crippen LogP contribution is 2.33. The number of benzene rings is 1. The van der Waals surface area contributed by atoms with Crippen molar-refractivity contribution in [2.24, 2.45) is 12.8 Å². The van der Waals surface area contributed by atoms with Gasteiger partial charge in [-0.3, -0.25) is 4.68 Å². The molecule has 2 N–H and O–H groups in total. The molecule has 5 heteroatoms. The van der Waals surface area contributed by atoms with E-state index < -0.39 is 6.04 Å². The first kappa shape index (κ1) is 13.5. The van der Waals surface area contributed by atoms with Crippen molar-refractivity contribution in [3.8, 4) is 11.5 Å². The van der Waals surface area contributed by atoms with Crippen LogP contribution in [0.15, 0.2) is 18.2 Å². The minimum Gasteiger partial charge on any atom is -0.453 e. The first-order valence-electron chi connectivity index (χ1n) is 6.14. The fourth-order valence-electron chi connectivity index (χ4n) is 2.06. The molecule has 0 aliphatic rings. The Morgan fingerprint density at radius 1 is 1.37 bits per heavy atom. The molecule has 19 heavy (non-hydrogen) atoms. The minimum absolute atomic E-state index is 0.355. The van der Waals surface area contributed by atoms with Gasteiger partial charge in [0.2, 0.25) is 0 Å². The van der Waals surface area contributed by atoms with E-state index in [1.54, 1.807) is 23.7 Å². The van der Waals surface area contributed by atoms with Gasteiger partial charge < -0.3 is 10.5 Å². The van der Waals surface area contributed by atoms with E-state index in [4.69, 9.17) is 10.5 Å². The van der Waals surface area contributed by atoms with Crippen LogP contribution in [0.2, 0.25) is 0 Å². The standard InChI is InChI=1S/C14H18FN3O/c1-8(16)13-11(15)6-5-7-12(13)19-14-9(2)17-18(4)10(14)3/h5-8H,16H2,1-4H3. The highest BCUT2D eigenvalue weighted by molar-refractivity contribution is 5.43. The van der Waals surface area contributed by atoms with E-state index in [2.05, 4.69) is 5.10 Å². The fraction of sp³-hybridized carbons (Fsp3) is 0.357. The van der Waals surface area contributed by atoms with Gasteiger partial charge in [-0.05, 0) is 32.9 Å². The Morgan fingerprint density at radius 3 is 2.58 bits per heavy atom. The van der Waals surface area contributed by atoms with Gasteiger partial charge in [0, 0.05) is 18.7 Å². The van der Waals surface area contributed by atoms with Gasteiger partial charge in [0.05, 0.1) is 5.69 Å². The third kappa shape index (κ3) is 2.46. The van der Waals surface area contributed by atoms with E-state index >= 15 is 0 Å². The summed E-state index contributed by atoms with van der Waals surface area (Å²) in [6.45, 7) is 5.49. The number of aromatic nitrogens is 2. The van der Waals surface area contributed by atoms with Gasteiger partial charge in [-0.25, -0.2) is 4.39 Å². The molecule has 0 spiro atoms. The second-order valence-corrected chi connectivity index (χ2v) is 4.67. The van der Waals surface area contributed by atoms with Crippen molar-refractivity contribution in [1.82, 2.24) is 9.78 Å². The van der Waals surface area contributed by atoms with E-state index in [1.165, 1.54) is 6.07 Å². The molecule has 1 heterocycles. The smallest absolute Gasteiger partial charge is 0.171 e. The molecule has 2 rings (SSSR count). The van der Waals surface area contributed by atoms with Gasteiger partial charge >= 0.3 is 0 Å². The number of hydrogen-bond donors (Lipinski definition) is 1. The fourth-order valence-corrected chi connectivity index (χ4v) is 2.06. The van der Waals surface area contributed by atoms with Gasteiger partial charge in [-0.2, -0.15) is 5.10 Å². The lowest BCUT2D eigenvalue weighted by atomic mass is 10.1. The molecule has 0 saturated carbocycles. The van der Waals surface area contributed by atoms with E-state index in [-0.39, 0.29) is 5.82 Å². The first-order valence-corrected chi connectivity index (χ1v) is 6.14. The highest BCUT2D eigenvalue weighted by Gasteiger charge is 2.17. The van der Waals surface area contributed by atoms with Crippen molar-refractivity contribution in [3.05, 3.63) is 41.0 Å². The summed E-state index contributed by atoms with van der Waals surface area (Å²) >= 11 is 0. The molecule has 0 aliphatic heterocycles. The number of halogens is 1. The molecule has 2 aromatic rings. The van der Waals surface area contributed by atoms with Crippen molar-refractivity contribution in [3.63, 3.8) is 0 Å². The van der Waals surface area contributed by atoms with Crippen LogP contribution in [0.4, 0.5) is 4.39 Å². The maximum Gasteiger partial charge on any atom is 0.171 e. The third-order valence-electron chi connectivity index (χ3n) is 3.12. The molecule has 1 aromatic heterocycles. The number of aryl methyl sites for hydroxylation is 2. The zero-order valence-electron chi connectivity index (χ0n) is 11.6. The van der Waals surface area contributed by atoms with Crippen molar-refractivity contribution >= 4 is 0 Å². The van der Waals surface area contributed by atoms with Crippen LogP contribution in [-0.2, 0) is 7.05 Å². The predicted molar refractivity (Wildman–Crippen MR) is 71.8 cm³/mol. The Hall–Kier alpha value is -1.88. The Balaban J connectivity index is 2.47. The quantitative estimate of drug-likeness (QED) is 0.926. The van der Waals surface area contributed by atoms with Crippen LogP contribution in [0.25, 0.3) is 0 Å². The van der Waals surface area contributed by atoms with Crippen LogP contribution in [0.1, 0.15) is 29.9 Å². The normalized spacial score (nSPS) is 12.5. The molecule has 102 valence electrons. The molecule has 0 fully saturated rings. The van der Waals surface area contributed by atoms with Crippen molar-refractivity contribution in [1.29, 1.82) is 0 Å². The summed E-state index contributed by atoms with van der Waals surface area (Å²) in [5, 5.41) is 4.27. The van der Waals surface area contributed by atoms with E-state index in [9.17, 15) is 4.39 Å². The summed E-state index contributed by atoms with van der Waals surface area (Å²) in [6.07, 6.45) is 0. The van der Waals surface area contributed by atoms with Crippen molar-refractivity contribution in [2.45, 2.75) is 26.8 Å². The maximum atomic E-state index is 13.8. The number of nitrogens with two attached hydrogens (primary N) is 1. The molecular formula is C14H18FN3O. The van der Waals surface area contributed by atoms with E-state index in [0.717, 1.165) is 11.4 Å². The van der Waals surface area contributed by atoms with Crippen LogP contribution in [0.5, 0.6) is 11.5 Å². The molecule has 0 bridgehead atoms. The van der Waals surface area contributed by atoms with E-state index in [1.807, 2.05) is 20.9 Å². The van der Waals surface area contributed by atoms with Gasteiger partial charge in [0.25, 0.3) is 0 Å². The predicted octanol–water partition coefficient (Wildman–Crippen LogP) is 2.99. The van der Waals surface area contributed by atoms with Crippen LogP contribution < -0.4 is 10.5 Å². The molecule has 1 aromatic carbocycles. The molecule has 0 radical (unpaired) electrons. The monoisotopic (exact) mass is 263 g/mol. The Labute approximate surface area is 112 Å². The lowest BCUT2D eigenvalue weighted by molar-refractivity contribution is 0.454. The van der Waals surface area contributed by atoms with Crippen molar-refractivity contribution < 1.29 is 9.13 Å². The highest BCUT2D eigenvalue weighted by atomic mass is 19.1. The molecule has 0 saturated heterocycles. The topological polar surface area (TPSA) is 53.1 Å². The average molecular weight is 263 g/mol. The van der Waals surface area contributed by atoms with Gasteiger partial charge in [-0.15, -0.1) is 0 Å². The molecule has 0 aliphatic carbocycles. The lowest BCUT2D eigenvalue weighted by Crippen LogP contribution is -2.09. The second kappa shape index (κ2) is 5.01. The summed E-state index contributed by atoms with van der Waals surface area (Å²) in [4.78, 5) is 0. The number of rotatable bonds is 3. The molecular weight excluding hydrogens is 245 g/mol. The Bertz CT molecular complexity index is 605. The molecule has 0 amide bonds. The summed E-state index contributed by atoms with van der Waals surface area (Å²) < 4.78 is 21.4.